The summed E-state index contributed by atoms with van der Waals surface area (Å²) in [5.74, 6) is -0.661. The molecular formula is C15H17ClN2O3. The van der Waals surface area contributed by atoms with Crippen LogP contribution in [0.1, 0.15) is 42.6 Å². The number of aromatic nitrogens is 1. The first-order valence-corrected chi connectivity index (χ1v) is 7.58. The van der Waals surface area contributed by atoms with Crippen LogP contribution in [0.5, 0.6) is 0 Å². The number of hydrogen-bond acceptors (Lipinski definition) is 3. The molecule has 1 N–H and O–H groups in total. The Bertz CT molecular complexity index is 564. The van der Waals surface area contributed by atoms with Gasteiger partial charge in [0, 0.05) is 29.7 Å². The van der Waals surface area contributed by atoms with E-state index in [-0.39, 0.29) is 30.3 Å². The van der Waals surface area contributed by atoms with Gasteiger partial charge in [-0.1, -0.05) is 11.6 Å². The fourth-order valence-corrected chi connectivity index (χ4v) is 3.85. The van der Waals surface area contributed by atoms with E-state index in [0.717, 1.165) is 25.7 Å². The van der Waals surface area contributed by atoms with Crippen molar-refractivity contribution >= 4 is 23.5 Å². The molecule has 2 bridgehead atoms. The summed E-state index contributed by atoms with van der Waals surface area (Å²) < 4.78 is 0. The second-order valence-electron chi connectivity index (χ2n) is 5.89. The number of pyridine rings is 1. The van der Waals surface area contributed by atoms with E-state index >= 15 is 0 Å². The summed E-state index contributed by atoms with van der Waals surface area (Å²) in [6.07, 6.45) is 5.18. The first-order chi connectivity index (χ1) is 10.0. The number of amides is 1. The number of rotatable bonds is 3. The van der Waals surface area contributed by atoms with Gasteiger partial charge >= 0.3 is 5.97 Å². The minimum Gasteiger partial charge on any atom is -0.481 e. The van der Waals surface area contributed by atoms with Crippen molar-refractivity contribution in [2.75, 3.05) is 0 Å². The molecule has 2 aliphatic heterocycles. The number of carboxylic acids is 1. The lowest BCUT2D eigenvalue weighted by Gasteiger charge is -2.38. The topological polar surface area (TPSA) is 70.5 Å². The SMILES string of the molecule is O=C(O)CC1CC2CCC(C1)N2C(=O)c1cc(Cl)ccn1. The Morgan fingerprint density at radius 3 is 2.57 bits per heavy atom. The highest BCUT2D eigenvalue weighted by Crippen LogP contribution is 2.40. The maximum Gasteiger partial charge on any atom is 0.303 e. The quantitative estimate of drug-likeness (QED) is 0.931. The van der Waals surface area contributed by atoms with Crippen molar-refractivity contribution in [1.82, 2.24) is 9.88 Å². The Morgan fingerprint density at radius 2 is 2.00 bits per heavy atom. The lowest BCUT2D eigenvalue weighted by molar-refractivity contribution is -0.138. The standard InChI is InChI=1S/C15H17ClN2O3/c16-10-3-4-17-13(8-10)15(21)18-11-1-2-12(18)6-9(5-11)7-14(19)20/h3-4,8-9,11-12H,1-2,5-7H2,(H,19,20). The second kappa shape index (κ2) is 5.64. The van der Waals surface area contributed by atoms with Gasteiger partial charge in [0.25, 0.3) is 5.91 Å². The number of halogens is 1. The molecule has 2 atom stereocenters. The largest absolute Gasteiger partial charge is 0.481 e. The zero-order chi connectivity index (χ0) is 15.0. The van der Waals surface area contributed by atoms with Crippen LogP contribution in [-0.2, 0) is 4.79 Å². The molecule has 0 aromatic carbocycles. The van der Waals surface area contributed by atoms with E-state index in [4.69, 9.17) is 16.7 Å². The molecule has 2 saturated heterocycles. The summed E-state index contributed by atoms with van der Waals surface area (Å²) in [5, 5.41) is 9.44. The van der Waals surface area contributed by atoms with E-state index in [0.29, 0.717) is 10.7 Å². The van der Waals surface area contributed by atoms with Crippen molar-refractivity contribution in [3.8, 4) is 0 Å². The Labute approximate surface area is 127 Å². The average Bonchev–Trinajstić information content (AvgIpc) is 2.69. The summed E-state index contributed by atoms with van der Waals surface area (Å²) in [4.78, 5) is 29.5. The van der Waals surface area contributed by atoms with Gasteiger partial charge in [-0.15, -0.1) is 0 Å². The molecule has 3 rings (SSSR count). The average molecular weight is 309 g/mol. The van der Waals surface area contributed by atoms with Gasteiger partial charge in [-0.05, 0) is 43.7 Å². The van der Waals surface area contributed by atoms with Crippen LogP contribution in [-0.4, -0.2) is 39.0 Å². The predicted molar refractivity (Wildman–Crippen MR) is 77.2 cm³/mol. The van der Waals surface area contributed by atoms with Gasteiger partial charge in [0.15, 0.2) is 0 Å². The fraction of sp³-hybridized carbons (Fsp3) is 0.533. The molecule has 1 amide bonds. The van der Waals surface area contributed by atoms with Crippen molar-refractivity contribution in [2.24, 2.45) is 5.92 Å². The number of carbonyl (C=O) groups excluding carboxylic acids is 1. The predicted octanol–water partition coefficient (Wildman–Crippen LogP) is 2.59. The molecule has 0 spiro atoms. The van der Waals surface area contributed by atoms with E-state index in [1.807, 2.05) is 4.90 Å². The van der Waals surface area contributed by atoms with Crippen molar-refractivity contribution in [3.05, 3.63) is 29.0 Å². The molecule has 0 aliphatic carbocycles. The number of carboxylic acid groups (broad SMARTS) is 1. The van der Waals surface area contributed by atoms with Gasteiger partial charge in [-0.25, -0.2) is 0 Å². The first kappa shape index (κ1) is 14.3. The third-order valence-electron chi connectivity index (χ3n) is 4.47. The lowest BCUT2D eigenvalue weighted by atomic mass is 9.88. The van der Waals surface area contributed by atoms with Crippen molar-refractivity contribution in [3.63, 3.8) is 0 Å². The summed E-state index contributed by atoms with van der Waals surface area (Å²) in [6.45, 7) is 0. The number of hydrogen-bond donors (Lipinski definition) is 1. The molecule has 5 nitrogen and oxygen atoms in total. The van der Waals surface area contributed by atoms with Gasteiger partial charge in [-0.3, -0.25) is 14.6 Å². The minimum absolute atomic E-state index is 0.0845. The van der Waals surface area contributed by atoms with E-state index in [2.05, 4.69) is 4.98 Å². The molecule has 112 valence electrons. The Morgan fingerprint density at radius 1 is 1.33 bits per heavy atom. The van der Waals surface area contributed by atoms with Crippen molar-refractivity contribution in [1.29, 1.82) is 0 Å². The van der Waals surface area contributed by atoms with Crippen molar-refractivity contribution < 1.29 is 14.7 Å². The fourth-order valence-electron chi connectivity index (χ4n) is 3.69. The number of piperidine rings is 1. The first-order valence-electron chi connectivity index (χ1n) is 7.20. The van der Waals surface area contributed by atoms with Crippen LogP contribution in [0.15, 0.2) is 18.3 Å². The minimum atomic E-state index is -0.754. The Balaban J connectivity index is 1.76. The summed E-state index contributed by atoms with van der Waals surface area (Å²) in [5.41, 5.74) is 0.371. The van der Waals surface area contributed by atoms with Crippen LogP contribution in [0, 0.1) is 5.92 Å². The molecule has 21 heavy (non-hydrogen) atoms. The molecule has 2 aliphatic rings. The number of aliphatic carboxylic acids is 1. The normalized spacial score (nSPS) is 27.7. The molecule has 1 aromatic rings. The van der Waals surface area contributed by atoms with Crippen LogP contribution in [0.4, 0.5) is 0 Å². The maximum absolute atomic E-state index is 12.6. The highest BCUT2D eigenvalue weighted by atomic mass is 35.5. The second-order valence-corrected chi connectivity index (χ2v) is 6.33. The third-order valence-corrected chi connectivity index (χ3v) is 4.70. The zero-order valence-electron chi connectivity index (χ0n) is 11.5. The number of fused-ring (bicyclic) bond motifs is 2. The van der Waals surface area contributed by atoms with E-state index in [1.54, 1.807) is 12.1 Å². The van der Waals surface area contributed by atoms with Crippen LogP contribution < -0.4 is 0 Å². The van der Waals surface area contributed by atoms with Gasteiger partial charge in [-0.2, -0.15) is 0 Å². The highest BCUT2D eigenvalue weighted by molar-refractivity contribution is 6.30. The molecule has 0 saturated carbocycles. The maximum atomic E-state index is 12.6. The van der Waals surface area contributed by atoms with Gasteiger partial charge < -0.3 is 10.0 Å². The smallest absolute Gasteiger partial charge is 0.303 e. The molecule has 6 heteroatoms. The molecule has 0 radical (unpaired) electrons. The number of nitrogens with zero attached hydrogens (tertiary/aromatic N) is 2. The summed E-state index contributed by atoms with van der Waals surface area (Å²) in [6, 6.07) is 3.52. The summed E-state index contributed by atoms with van der Waals surface area (Å²) in [7, 11) is 0. The van der Waals surface area contributed by atoms with Crippen LogP contribution in [0.3, 0.4) is 0 Å². The van der Waals surface area contributed by atoms with E-state index < -0.39 is 5.97 Å². The van der Waals surface area contributed by atoms with Gasteiger partial charge in [0.1, 0.15) is 5.69 Å². The van der Waals surface area contributed by atoms with E-state index in [9.17, 15) is 9.59 Å². The number of carbonyl (C=O) groups is 2. The summed E-state index contributed by atoms with van der Waals surface area (Å²) >= 11 is 5.92. The van der Waals surface area contributed by atoms with E-state index in [1.165, 1.54) is 6.20 Å². The molecule has 2 fully saturated rings. The monoisotopic (exact) mass is 308 g/mol. The molecule has 1 aromatic heterocycles. The Hall–Kier alpha value is -1.62. The molecule has 2 unspecified atom stereocenters. The highest BCUT2D eigenvalue weighted by Gasteiger charge is 2.44. The van der Waals surface area contributed by atoms with Gasteiger partial charge in [0.05, 0.1) is 0 Å². The van der Waals surface area contributed by atoms with Crippen LogP contribution >= 0.6 is 11.6 Å². The third kappa shape index (κ3) is 2.88. The van der Waals surface area contributed by atoms with Crippen LogP contribution in [0.25, 0.3) is 0 Å². The molecule has 3 heterocycles. The van der Waals surface area contributed by atoms with Gasteiger partial charge in [0.2, 0.25) is 0 Å². The Kier molecular flexibility index (Phi) is 3.85. The lowest BCUT2D eigenvalue weighted by Crippen LogP contribution is -2.47. The zero-order valence-corrected chi connectivity index (χ0v) is 12.3. The van der Waals surface area contributed by atoms with Crippen molar-refractivity contribution in [2.45, 2.75) is 44.2 Å². The molecular weight excluding hydrogens is 292 g/mol. The van der Waals surface area contributed by atoms with Crippen LogP contribution in [0.2, 0.25) is 5.02 Å².